The number of halogens is 1. The van der Waals surface area contributed by atoms with E-state index in [1.807, 2.05) is 0 Å². The first-order valence-corrected chi connectivity index (χ1v) is 5.02. The first-order valence-electron chi connectivity index (χ1n) is 4.22. The Bertz CT molecular complexity index is 330. The Hall–Kier alpha value is -0.940. The highest BCUT2D eigenvalue weighted by molar-refractivity contribution is 9.10. The minimum atomic E-state index is -0.213. The van der Waals surface area contributed by atoms with Crippen molar-refractivity contribution in [1.29, 1.82) is 0 Å². The predicted octanol–water partition coefficient (Wildman–Crippen LogP) is 1.39. The Labute approximate surface area is 91.2 Å². The molecule has 1 amide bonds. The topological polar surface area (TPSA) is 54.0 Å². The predicted molar refractivity (Wildman–Crippen MR) is 59.1 cm³/mol. The maximum Gasteiger partial charge on any atom is 0.241 e. The Morgan fingerprint density at radius 3 is 2.93 bits per heavy atom. The third-order valence-corrected chi connectivity index (χ3v) is 2.49. The smallest absolute Gasteiger partial charge is 0.241 e. The van der Waals surface area contributed by atoms with Gasteiger partial charge in [0.15, 0.2) is 0 Å². The van der Waals surface area contributed by atoms with Crippen LogP contribution in [0.4, 0.5) is 5.69 Å². The SMILES string of the molecule is CNC(C)C(=O)Nc1ccncc1Br. The number of likely N-dealkylation sites (N-methyl/N-ethyl adjacent to an activating group) is 1. The number of pyridine rings is 1. The van der Waals surface area contributed by atoms with E-state index in [4.69, 9.17) is 0 Å². The van der Waals surface area contributed by atoms with Crippen molar-refractivity contribution in [2.45, 2.75) is 13.0 Å². The lowest BCUT2D eigenvalue weighted by molar-refractivity contribution is -0.117. The quantitative estimate of drug-likeness (QED) is 0.861. The van der Waals surface area contributed by atoms with E-state index in [-0.39, 0.29) is 11.9 Å². The third-order valence-electron chi connectivity index (χ3n) is 1.86. The molecule has 0 aliphatic heterocycles. The van der Waals surface area contributed by atoms with E-state index in [1.165, 1.54) is 0 Å². The highest BCUT2D eigenvalue weighted by Gasteiger charge is 2.11. The van der Waals surface area contributed by atoms with Gasteiger partial charge in [0, 0.05) is 12.4 Å². The van der Waals surface area contributed by atoms with Gasteiger partial charge in [-0.1, -0.05) is 0 Å². The van der Waals surface area contributed by atoms with Crippen LogP contribution in [-0.4, -0.2) is 24.0 Å². The van der Waals surface area contributed by atoms with Crippen LogP contribution in [0, 0.1) is 0 Å². The number of nitrogens with zero attached hydrogens (tertiary/aromatic N) is 1. The fraction of sp³-hybridized carbons (Fsp3) is 0.333. The van der Waals surface area contributed by atoms with E-state index in [0.717, 1.165) is 10.2 Å². The summed E-state index contributed by atoms with van der Waals surface area (Å²) >= 11 is 3.30. The number of amides is 1. The number of aromatic nitrogens is 1. The second-order valence-corrected chi connectivity index (χ2v) is 3.71. The Balaban J connectivity index is 2.70. The average Bonchev–Trinajstić information content (AvgIpc) is 2.20. The van der Waals surface area contributed by atoms with E-state index in [2.05, 4.69) is 31.5 Å². The number of carbonyl (C=O) groups excluding carboxylic acids is 1. The number of carbonyl (C=O) groups is 1. The fourth-order valence-corrected chi connectivity index (χ4v) is 1.20. The molecular weight excluding hydrogens is 246 g/mol. The normalized spacial score (nSPS) is 12.2. The van der Waals surface area contributed by atoms with E-state index in [9.17, 15) is 4.79 Å². The zero-order valence-corrected chi connectivity index (χ0v) is 9.63. The van der Waals surface area contributed by atoms with Gasteiger partial charge in [0.2, 0.25) is 5.91 Å². The van der Waals surface area contributed by atoms with Crippen molar-refractivity contribution in [1.82, 2.24) is 10.3 Å². The van der Waals surface area contributed by atoms with Gasteiger partial charge in [-0.3, -0.25) is 9.78 Å². The van der Waals surface area contributed by atoms with Crippen LogP contribution in [-0.2, 0) is 4.79 Å². The summed E-state index contributed by atoms with van der Waals surface area (Å²) < 4.78 is 0.775. The molecule has 0 aromatic carbocycles. The van der Waals surface area contributed by atoms with Crippen LogP contribution < -0.4 is 10.6 Å². The fourth-order valence-electron chi connectivity index (χ4n) is 0.849. The summed E-state index contributed by atoms with van der Waals surface area (Å²) in [5.41, 5.74) is 0.729. The Morgan fingerprint density at radius 2 is 2.36 bits per heavy atom. The van der Waals surface area contributed by atoms with Crippen LogP contribution in [0.25, 0.3) is 0 Å². The van der Waals surface area contributed by atoms with Crippen LogP contribution in [0.2, 0.25) is 0 Å². The summed E-state index contributed by atoms with van der Waals surface area (Å²) in [7, 11) is 1.74. The standard InChI is InChI=1S/C9H12BrN3O/c1-6(11-2)9(14)13-8-3-4-12-5-7(8)10/h3-6,11H,1-2H3,(H,12,13,14). The molecule has 0 saturated heterocycles. The van der Waals surface area contributed by atoms with Crippen molar-refractivity contribution < 1.29 is 4.79 Å². The van der Waals surface area contributed by atoms with Gasteiger partial charge in [0.25, 0.3) is 0 Å². The first kappa shape index (κ1) is 11.1. The zero-order valence-electron chi connectivity index (χ0n) is 8.04. The molecule has 0 fully saturated rings. The van der Waals surface area contributed by atoms with Gasteiger partial charge in [-0.2, -0.15) is 0 Å². The summed E-state index contributed by atoms with van der Waals surface area (Å²) in [6.45, 7) is 1.80. The summed E-state index contributed by atoms with van der Waals surface area (Å²) in [6.07, 6.45) is 3.27. The number of nitrogens with one attached hydrogen (secondary N) is 2. The number of hydrogen-bond donors (Lipinski definition) is 2. The summed E-state index contributed by atoms with van der Waals surface area (Å²) in [4.78, 5) is 15.4. The molecule has 4 nitrogen and oxygen atoms in total. The maximum absolute atomic E-state index is 11.5. The molecule has 1 rings (SSSR count). The molecule has 1 aromatic heterocycles. The van der Waals surface area contributed by atoms with Crippen molar-refractivity contribution in [3.05, 3.63) is 22.9 Å². The summed E-state index contributed by atoms with van der Waals surface area (Å²) in [5, 5.41) is 5.63. The average molecular weight is 258 g/mol. The lowest BCUT2D eigenvalue weighted by Crippen LogP contribution is -2.35. The lowest BCUT2D eigenvalue weighted by Gasteiger charge is -2.11. The number of rotatable bonds is 3. The highest BCUT2D eigenvalue weighted by atomic mass is 79.9. The molecule has 5 heteroatoms. The second kappa shape index (κ2) is 5.07. The molecule has 1 atom stereocenters. The second-order valence-electron chi connectivity index (χ2n) is 2.86. The Kier molecular flexibility index (Phi) is 4.03. The third kappa shape index (κ3) is 2.78. The summed E-state index contributed by atoms with van der Waals surface area (Å²) in [6, 6.07) is 1.53. The molecule has 14 heavy (non-hydrogen) atoms. The molecule has 0 radical (unpaired) electrons. The van der Waals surface area contributed by atoms with E-state index in [0.29, 0.717) is 0 Å². The van der Waals surface area contributed by atoms with Gasteiger partial charge in [0.05, 0.1) is 16.2 Å². The van der Waals surface area contributed by atoms with Crippen molar-refractivity contribution in [2.75, 3.05) is 12.4 Å². The molecule has 0 aliphatic rings. The van der Waals surface area contributed by atoms with Gasteiger partial charge < -0.3 is 10.6 Å². The van der Waals surface area contributed by atoms with Gasteiger partial charge in [-0.15, -0.1) is 0 Å². The molecule has 0 spiro atoms. The van der Waals surface area contributed by atoms with E-state index >= 15 is 0 Å². The zero-order chi connectivity index (χ0) is 10.6. The molecule has 0 bridgehead atoms. The van der Waals surface area contributed by atoms with Crippen LogP contribution in [0.3, 0.4) is 0 Å². The van der Waals surface area contributed by atoms with E-state index < -0.39 is 0 Å². The molecule has 1 heterocycles. The molecule has 0 saturated carbocycles. The number of hydrogen-bond acceptors (Lipinski definition) is 3. The molecule has 76 valence electrons. The lowest BCUT2D eigenvalue weighted by atomic mass is 10.3. The summed E-state index contributed by atoms with van der Waals surface area (Å²) in [5.74, 6) is -0.0700. The minimum Gasteiger partial charge on any atom is -0.324 e. The monoisotopic (exact) mass is 257 g/mol. The van der Waals surface area contributed by atoms with E-state index in [1.54, 1.807) is 32.4 Å². The first-order chi connectivity index (χ1) is 6.65. The van der Waals surface area contributed by atoms with Gasteiger partial charge in [-0.25, -0.2) is 0 Å². The minimum absolute atomic E-state index is 0.0700. The van der Waals surface area contributed by atoms with Crippen molar-refractivity contribution in [3.8, 4) is 0 Å². The number of anilines is 1. The molecule has 1 unspecified atom stereocenters. The van der Waals surface area contributed by atoms with Crippen LogP contribution in [0.15, 0.2) is 22.9 Å². The largest absolute Gasteiger partial charge is 0.324 e. The van der Waals surface area contributed by atoms with Crippen molar-refractivity contribution in [2.24, 2.45) is 0 Å². The van der Waals surface area contributed by atoms with Crippen LogP contribution in [0.5, 0.6) is 0 Å². The molecule has 1 aromatic rings. The maximum atomic E-state index is 11.5. The van der Waals surface area contributed by atoms with Crippen molar-refractivity contribution >= 4 is 27.5 Å². The van der Waals surface area contributed by atoms with Gasteiger partial charge >= 0.3 is 0 Å². The molecule has 2 N–H and O–H groups in total. The van der Waals surface area contributed by atoms with Crippen molar-refractivity contribution in [3.63, 3.8) is 0 Å². The van der Waals surface area contributed by atoms with Crippen LogP contribution >= 0.6 is 15.9 Å². The van der Waals surface area contributed by atoms with Gasteiger partial charge in [0.1, 0.15) is 0 Å². The van der Waals surface area contributed by atoms with Crippen LogP contribution in [0.1, 0.15) is 6.92 Å². The Morgan fingerprint density at radius 1 is 1.64 bits per heavy atom. The highest BCUT2D eigenvalue weighted by Crippen LogP contribution is 2.19. The van der Waals surface area contributed by atoms with Gasteiger partial charge in [-0.05, 0) is 36.0 Å². The molecular formula is C9H12BrN3O. The molecule has 0 aliphatic carbocycles.